The van der Waals surface area contributed by atoms with Gasteiger partial charge in [-0.1, -0.05) is 12.1 Å². The van der Waals surface area contributed by atoms with Gasteiger partial charge in [-0.3, -0.25) is 14.6 Å². The fourth-order valence-corrected chi connectivity index (χ4v) is 4.22. The molecule has 0 spiro atoms. The maximum Gasteiger partial charge on any atom is 0.317 e. The van der Waals surface area contributed by atoms with Crippen molar-refractivity contribution in [3.05, 3.63) is 69.4 Å². The molecule has 1 aromatic carbocycles. The highest BCUT2D eigenvalue weighted by molar-refractivity contribution is 6.01. The van der Waals surface area contributed by atoms with Gasteiger partial charge in [0.15, 0.2) is 5.75 Å². The topological polar surface area (TPSA) is 135 Å². The Morgan fingerprint density at radius 1 is 1.13 bits per heavy atom. The van der Waals surface area contributed by atoms with Crippen molar-refractivity contribution in [2.24, 2.45) is 0 Å². The fourth-order valence-electron chi connectivity index (χ4n) is 4.22. The third kappa shape index (κ3) is 6.26. The zero-order valence-corrected chi connectivity index (χ0v) is 21.0. The van der Waals surface area contributed by atoms with Crippen molar-refractivity contribution in [2.45, 2.75) is 13.0 Å². The number of carbonyl (C=O) groups is 2. The van der Waals surface area contributed by atoms with Gasteiger partial charge in [-0.05, 0) is 35.7 Å². The van der Waals surface area contributed by atoms with E-state index in [1.165, 1.54) is 30.0 Å². The van der Waals surface area contributed by atoms with Crippen molar-refractivity contribution in [3.63, 3.8) is 0 Å². The van der Waals surface area contributed by atoms with E-state index in [1.54, 1.807) is 23.1 Å². The minimum atomic E-state index is -0.755. The molecule has 0 unspecified atom stereocenters. The molecule has 1 saturated heterocycles. The molecule has 1 aliphatic rings. The first-order valence-electron chi connectivity index (χ1n) is 12.3. The van der Waals surface area contributed by atoms with Gasteiger partial charge in [0.1, 0.15) is 16.9 Å². The Balaban J connectivity index is 1.66. The number of fused-ring (bicyclic) bond motifs is 1. The van der Waals surface area contributed by atoms with Gasteiger partial charge < -0.3 is 34.7 Å². The summed E-state index contributed by atoms with van der Waals surface area (Å²) in [5.74, 6) is -1.63. The monoisotopic (exact) mass is 527 g/mol. The van der Waals surface area contributed by atoms with Crippen LogP contribution in [-0.2, 0) is 22.4 Å². The number of urea groups is 1. The Hall–Kier alpha value is -4.03. The maximum absolute atomic E-state index is 13.5. The molecule has 38 heavy (non-hydrogen) atoms. The summed E-state index contributed by atoms with van der Waals surface area (Å²) in [6, 6.07) is 7.44. The van der Waals surface area contributed by atoms with E-state index < -0.39 is 22.8 Å². The lowest BCUT2D eigenvalue weighted by Gasteiger charge is -2.27. The minimum Gasteiger partial charge on any atom is -0.505 e. The van der Waals surface area contributed by atoms with Gasteiger partial charge in [0.05, 0.1) is 25.3 Å². The molecule has 3 heterocycles. The van der Waals surface area contributed by atoms with Crippen LogP contribution in [0.5, 0.6) is 5.75 Å². The second kappa shape index (κ2) is 12.5. The third-order valence-corrected chi connectivity index (χ3v) is 6.19. The molecule has 0 radical (unpaired) electrons. The number of amides is 3. The predicted octanol–water partition coefficient (Wildman–Crippen LogP) is 1.25. The number of halogens is 1. The highest BCUT2D eigenvalue weighted by Crippen LogP contribution is 2.26. The Bertz CT molecular complexity index is 1350. The van der Waals surface area contributed by atoms with Crippen LogP contribution in [-0.4, -0.2) is 84.6 Å². The van der Waals surface area contributed by atoms with Crippen molar-refractivity contribution >= 4 is 23.0 Å². The molecule has 3 N–H and O–H groups in total. The molecular formula is C26H30FN5O6. The van der Waals surface area contributed by atoms with Crippen molar-refractivity contribution in [1.29, 1.82) is 0 Å². The lowest BCUT2D eigenvalue weighted by atomic mass is 10.1. The van der Waals surface area contributed by atoms with E-state index in [4.69, 9.17) is 9.47 Å². The number of hydrogen-bond acceptors (Lipinski definition) is 7. The quantitative estimate of drug-likeness (QED) is 0.357. The standard InChI is InChI=1S/C26H30FN5O6/c1-37-11-7-28-24(34)21-23(33)22-20(15-18(16-30-22)14-17-2-4-19(27)5-3-17)32(25(21)35)8-6-29-26(36)31-9-12-38-13-10-31/h2-5,15-16,33H,6-14H2,1H3,(H,28,34)(H,29,36). The summed E-state index contributed by atoms with van der Waals surface area (Å²) in [7, 11) is 1.48. The Kier molecular flexibility index (Phi) is 8.87. The molecule has 2 aromatic heterocycles. The van der Waals surface area contributed by atoms with Gasteiger partial charge in [-0.15, -0.1) is 0 Å². The molecule has 202 valence electrons. The summed E-state index contributed by atoms with van der Waals surface area (Å²) in [6.07, 6.45) is 1.94. The summed E-state index contributed by atoms with van der Waals surface area (Å²) in [6.45, 7) is 2.36. The Morgan fingerprint density at radius 2 is 1.87 bits per heavy atom. The molecule has 3 amide bonds. The molecule has 0 bridgehead atoms. The zero-order chi connectivity index (χ0) is 27.1. The van der Waals surface area contributed by atoms with E-state index >= 15 is 0 Å². The molecule has 0 saturated carbocycles. The number of methoxy groups -OCH3 is 1. The van der Waals surface area contributed by atoms with Crippen LogP contribution in [0.3, 0.4) is 0 Å². The Morgan fingerprint density at radius 3 is 2.58 bits per heavy atom. The maximum atomic E-state index is 13.5. The predicted molar refractivity (Wildman–Crippen MR) is 137 cm³/mol. The lowest BCUT2D eigenvalue weighted by Crippen LogP contribution is -2.47. The van der Waals surface area contributed by atoms with Gasteiger partial charge >= 0.3 is 6.03 Å². The fraction of sp³-hybridized carbons (Fsp3) is 0.385. The van der Waals surface area contributed by atoms with Crippen molar-refractivity contribution in [2.75, 3.05) is 53.1 Å². The molecule has 3 aromatic rings. The molecule has 1 fully saturated rings. The molecule has 0 aliphatic carbocycles. The van der Waals surface area contributed by atoms with E-state index in [2.05, 4.69) is 15.6 Å². The first kappa shape index (κ1) is 27.0. The van der Waals surface area contributed by atoms with Gasteiger partial charge in [-0.2, -0.15) is 0 Å². The van der Waals surface area contributed by atoms with Crippen molar-refractivity contribution in [1.82, 2.24) is 25.1 Å². The summed E-state index contributed by atoms with van der Waals surface area (Å²) >= 11 is 0. The van der Waals surface area contributed by atoms with Gasteiger partial charge in [0.25, 0.3) is 11.5 Å². The van der Waals surface area contributed by atoms with Crippen LogP contribution in [0.25, 0.3) is 11.0 Å². The van der Waals surface area contributed by atoms with Gasteiger partial charge in [0.2, 0.25) is 0 Å². The smallest absolute Gasteiger partial charge is 0.317 e. The van der Waals surface area contributed by atoms with Crippen LogP contribution in [0.15, 0.2) is 41.3 Å². The summed E-state index contributed by atoms with van der Waals surface area (Å²) in [4.78, 5) is 44.7. The van der Waals surface area contributed by atoms with Crippen LogP contribution in [0.2, 0.25) is 0 Å². The van der Waals surface area contributed by atoms with Gasteiger partial charge in [0, 0.05) is 46.0 Å². The number of ether oxygens (including phenoxy) is 2. The summed E-state index contributed by atoms with van der Waals surface area (Å²) in [5.41, 5.74) is 0.770. The molecule has 11 nitrogen and oxygen atoms in total. The number of benzene rings is 1. The highest BCUT2D eigenvalue weighted by atomic mass is 19.1. The number of rotatable bonds is 9. The minimum absolute atomic E-state index is 0.0335. The van der Waals surface area contributed by atoms with Crippen LogP contribution < -0.4 is 16.2 Å². The number of nitrogens with zero attached hydrogens (tertiary/aromatic N) is 3. The van der Waals surface area contributed by atoms with Crippen LogP contribution in [0.4, 0.5) is 9.18 Å². The van der Waals surface area contributed by atoms with Crippen molar-refractivity contribution in [3.8, 4) is 5.75 Å². The summed E-state index contributed by atoms with van der Waals surface area (Å²) < 4.78 is 24.8. The number of aromatic hydroxyl groups is 1. The van der Waals surface area contributed by atoms with E-state index in [0.717, 1.165) is 5.56 Å². The lowest BCUT2D eigenvalue weighted by molar-refractivity contribution is 0.0532. The normalized spacial score (nSPS) is 13.5. The third-order valence-electron chi connectivity index (χ3n) is 6.19. The average Bonchev–Trinajstić information content (AvgIpc) is 2.92. The molecule has 12 heteroatoms. The first-order valence-corrected chi connectivity index (χ1v) is 12.3. The van der Waals surface area contributed by atoms with E-state index in [1.807, 2.05) is 0 Å². The molecule has 4 rings (SSSR count). The summed E-state index contributed by atoms with van der Waals surface area (Å²) in [5, 5.41) is 16.2. The first-order chi connectivity index (χ1) is 18.4. The second-order valence-corrected chi connectivity index (χ2v) is 8.77. The molecule has 0 atom stereocenters. The number of morpholine rings is 1. The largest absolute Gasteiger partial charge is 0.505 e. The second-order valence-electron chi connectivity index (χ2n) is 8.77. The molecular weight excluding hydrogens is 497 g/mol. The highest BCUT2D eigenvalue weighted by Gasteiger charge is 2.24. The zero-order valence-electron chi connectivity index (χ0n) is 21.0. The Labute approximate surface area is 218 Å². The number of pyridine rings is 2. The number of nitrogens with one attached hydrogen (secondary N) is 2. The molecule has 1 aliphatic heterocycles. The van der Waals surface area contributed by atoms with Gasteiger partial charge in [-0.25, -0.2) is 9.18 Å². The average molecular weight is 528 g/mol. The number of carbonyl (C=O) groups excluding carboxylic acids is 2. The van der Waals surface area contributed by atoms with Crippen LogP contribution >= 0.6 is 0 Å². The van der Waals surface area contributed by atoms with Crippen LogP contribution in [0, 0.1) is 5.82 Å². The van der Waals surface area contributed by atoms with Crippen molar-refractivity contribution < 1.29 is 28.6 Å². The SMILES string of the molecule is COCCNC(=O)c1c(O)c2ncc(Cc3ccc(F)cc3)cc2n(CCNC(=O)N2CCOCC2)c1=O. The van der Waals surface area contributed by atoms with Crippen LogP contribution in [0.1, 0.15) is 21.5 Å². The number of hydrogen-bond donors (Lipinski definition) is 3. The van der Waals surface area contributed by atoms with E-state index in [0.29, 0.717) is 43.8 Å². The van der Waals surface area contributed by atoms with E-state index in [9.17, 15) is 23.9 Å². The number of aromatic nitrogens is 2. The van der Waals surface area contributed by atoms with E-state index in [-0.39, 0.29) is 43.6 Å².